The van der Waals surface area contributed by atoms with Crippen molar-refractivity contribution in [3.05, 3.63) is 60.2 Å². The van der Waals surface area contributed by atoms with Crippen LogP contribution in [0.4, 0.5) is 0 Å². The quantitative estimate of drug-likeness (QED) is 0.473. The van der Waals surface area contributed by atoms with Crippen molar-refractivity contribution in [1.82, 2.24) is 10.0 Å². The van der Waals surface area contributed by atoms with Gasteiger partial charge in [0, 0.05) is 19.8 Å². The molecule has 0 radical (unpaired) electrons. The van der Waals surface area contributed by atoms with E-state index in [2.05, 4.69) is 10.0 Å². The first kappa shape index (κ1) is 23.9. The first-order valence-corrected chi connectivity index (χ1v) is 11.6. The molecule has 0 saturated carbocycles. The van der Waals surface area contributed by atoms with Gasteiger partial charge in [0.25, 0.3) is 0 Å². The number of carbonyl (C=O) groups excluding carboxylic acids is 1. The summed E-state index contributed by atoms with van der Waals surface area (Å²) in [6, 6.07) is 14.5. The minimum Gasteiger partial charge on any atom is -0.494 e. The van der Waals surface area contributed by atoms with E-state index in [1.54, 1.807) is 12.1 Å². The van der Waals surface area contributed by atoms with E-state index in [0.29, 0.717) is 38.5 Å². The summed E-state index contributed by atoms with van der Waals surface area (Å²) in [7, 11) is -3.89. The molecule has 0 aromatic heterocycles. The van der Waals surface area contributed by atoms with Crippen molar-refractivity contribution in [3.63, 3.8) is 0 Å². The van der Waals surface area contributed by atoms with Gasteiger partial charge in [-0.25, -0.2) is 8.42 Å². The molecule has 0 aliphatic heterocycles. The van der Waals surface area contributed by atoms with E-state index in [1.807, 2.05) is 44.2 Å². The van der Waals surface area contributed by atoms with E-state index in [4.69, 9.17) is 9.47 Å². The molecule has 2 aromatic carbocycles. The summed E-state index contributed by atoms with van der Waals surface area (Å²) in [5.74, 6) is 0.217. The van der Waals surface area contributed by atoms with Crippen molar-refractivity contribution < 1.29 is 22.7 Å². The summed E-state index contributed by atoms with van der Waals surface area (Å²) in [5.41, 5.74) is 0.862. The first-order chi connectivity index (χ1) is 14.5. The van der Waals surface area contributed by atoms with Gasteiger partial charge in [0.05, 0.1) is 11.5 Å². The van der Waals surface area contributed by atoms with Crippen LogP contribution in [0, 0.1) is 0 Å². The van der Waals surface area contributed by atoms with E-state index in [1.165, 1.54) is 12.1 Å². The predicted molar refractivity (Wildman–Crippen MR) is 116 cm³/mol. The maximum Gasteiger partial charge on any atom is 0.241 e. The number of ether oxygens (including phenoxy) is 2. The summed E-state index contributed by atoms with van der Waals surface area (Å²) >= 11 is 0. The SMILES string of the molecule is CCOCCCNC(=O)[C@@H](Cc1ccccc1)NS(=O)(=O)c1ccc(OCC)cc1. The lowest BCUT2D eigenvalue weighted by atomic mass is 10.1. The molecule has 0 aliphatic rings. The second-order valence-corrected chi connectivity index (χ2v) is 8.32. The fourth-order valence-corrected chi connectivity index (χ4v) is 4.02. The molecule has 0 spiro atoms. The zero-order valence-electron chi connectivity index (χ0n) is 17.5. The van der Waals surface area contributed by atoms with Gasteiger partial charge in [-0.1, -0.05) is 30.3 Å². The highest BCUT2D eigenvalue weighted by Crippen LogP contribution is 2.17. The molecule has 8 heteroatoms. The normalized spacial score (nSPS) is 12.3. The highest BCUT2D eigenvalue weighted by atomic mass is 32.2. The number of sulfonamides is 1. The van der Waals surface area contributed by atoms with E-state index in [-0.39, 0.29) is 17.2 Å². The van der Waals surface area contributed by atoms with E-state index in [9.17, 15) is 13.2 Å². The average Bonchev–Trinajstić information content (AvgIpc) is 2.74. The van der Waals surface area contributed by atoms with E-state index < -0.39 is 16.1 Å². The molecule has 30 heavy (non-hydrogen) atoms. The maximum absolute atomic E-state index is 12.9. The summed E-state index contributed by atoms with van der Waals surface area (Å²) in [4.78, 5) is 12.8. The Hall–Kier alpha value is -2.42. The number of rotatable bonds is 13. The first-order valence-electron chi connectivity index (χ1n) is 10.1. The molecule has 1 atom stereocenters. The topological polar surface area (TPSA) is 93.7 Å². The van der Waals surface area contributed by atoms with Gasteiger partial charge in [0.2, 0.25) is 15.9 Å². The van der Waals surface area contributed by atoms with Crippen LogP contribution >= 0.6 is 0 Å². The number of carbonyl (C=O) groups is 1. The molecule has 7 nitrogen and oxygen atoms in total. The number of amides is 1. The van der Waals surface area contributed by atoms with Gasteiger partial charge in [-0.15, -0.1) is 0 Å². The van der Waals surface area contributed by atoms with Crippen molar-refractivity contribution in [3.8, 4) is 5.75 Å². The van der Waals surface area contributed by atoms with Gasteiger partial charge in [0.1, 0.15) is 11.8 Å². The Morgan fingerprint density at radius 1 is 1.00 bits per heavy atom. The lowest BCUT2D eigenvalue weighted by molar-refractivity contribution is -0.122. The van der Waals surface area contributed by atoms with Gasteiger partial charge < -0.3 is 14.8 Å². The molecule has 164 valence electrons. The van der Waals surface area contributed by atoms with E-state index >= 15 is 0 Å². The smallest absolute Gasteiger partial charge is 0.241 e. The van der Waals surface area contributed by atoms with Crippen molar-refractivity contribution in [2.45, 2.75) is 37.6 Å². The molecule has 2 aromatic rings. The number of benzene rings is 2. The minimum absolute atomic E-state index is 0.0770. The summed E-state index contributed by atoms with van der Waals surface area (Å²) in [6.45, 7) is 5.82. The second kappa shape index (κ2) is 12.3. The van der Waals surface area contributed by atoms with Crippen LogP contribution in [-0.4, -0.2) is 46.7 Å². The lowest BCUT2D eigenvalue weighted by Gasteiger charge is -2.19. The fraction of sp³-hybridized carbons (Fsp3) is 0.409. The van der Waals surface area contributed by atoms with Crippen LogP contribution < -0.4 is 14.8 Å². The largest absolute Gasteiger partial charge is 0.494 e. The molecule has 0 unspecified atom stereocenters. The Bertz CT molecular complexity index is 870. The third-order valence-corrected chi connectivity index (χ3v) is 5.80. The van der Waals surface area contributed by atoms with Gasteiger partial charge in [-0.05, 0) is 56.5 Å². The number of nitrogens with one attached hydrogen (secondary N) is 2. The minimum atomic E-state index is -3.89. The number of hydrogen-bond acceptors (Lipinski definition) is 5. The summed E-state index contributed by atoms with van der Waals surface area (Å²) < 4.78 is 38.9. The Morgan fingerprint density at radius 2 is 1.70 bits per heavy atom. The Morgan fingerprint density at radius 3 is 2.33 bits per heavy atom. The number of hydrogen-bond donors (Lipinski definition) is 2. The molecule has 2 rings (SSSR count). The van der Waals surface area contributed by atoms with Crippen LogP contribution in [0.1, 0.15) is 25.8 Å². The van der Waals surface area contributed by atoms with Crippen molar-refractivity contribution in [2.75, 3.05) is 26.4 Å². The molecular weight excluding hydrogens is 404 g/mol. The summed E-state index contributed by atoms with van der Waals surface area (Å²) in [6.07, 6.45) is 0.900. The summed E-state index contributed by atoms with van der Waals surface area (Å²) in [5, 5.41) is 2.80. The van der Waals surface area contributed by atoms with Crippen molar-refractivity contribution in [1.29, 1.82) is 0 Å². The Labute approximate surface area is 178 Å². The van der Waals surface area contributed by atoms with Gasteiger partial charge in [-0.3, -0.25) is 4.79 Å². The van der Waals surface area contributed by atoms with Gasteiger partial charge in [-0.2, -0.15) is 4.72 Å². The van der Waals surface area contributed by atoms with E-state index in [0.717, 1.165) is 5.56 Å². The third-order valence-electron chi connectivity index (χ3n) is 4.31. The fourth-order valence-electron chi connectivity index (χ4n) is 2.83. The third kappa shape index (κ3) is 7.78. The molecule has 1 amide bonds. The second-order valence-electron chi connectivity index (χ2n) is 6.61. The average molecular weight is 435 g/mol. The standard InChI is InChI=1S/C22H30N2O5S/c1-3-28-16-8-15-23-22(25)21(17-18-9-6-5-7-10-18)24-30(26,27)20-13-11-19(12-14-20)29-4-2/h5-7,9-14,21,24H,3-4,8,15-17H2,1-2H3,(H,23,25)/t21-/m1/s1. The monoisotopic (exact) mass is 434 g/mol. The van der Waals surface area contributed by atoms with Crippen LogP contribution in [0.15, 0.2) is 59.5 Å². The highest BCUT2D eigenvalue weighted by molar-refractivity contribution is 7.89. The van der Waals surface area contributed by atoms with Crippen molar-refractivity contribution >= 4 is 15.9 Å². The molecule has 0 heterocycles. The zero-order chi connectivity index (χ0) is 21.8. The van der Waals surface area contributed by atoms with Crippen LogP contribution in [0.3, 0.4) is 0 Å². The lowest BCUT2D eigenvalue weighted by Crippen LogP contribution is -2.48. The molecular formula is C22H30N2O5S. The highest BCUT2D eigenvalue weighted by Gasteiger charge is 2.26. The van der Waals surface area contributed by atoms with Crippen LogP contribution in [-0.2, 0) is 26.0 Å². The predicted octanol–water partition coefficient (Wildman–Crippen LogP) is 2.52. The molecule has 0 saturated heterocycles. The van der Waals surface area contributed by atoms with Gasteiger partial charge >= 0.3 is 0 Å². The van der Waals surface area contributed by atoms with Crippen LogP contribution in [0.25, 0.3) is 0 Å². The maximum atomic E-state index is 12.9. The van der Waals surface area contributed by atoms with Crippen LogP contribution in [0.2, 0.25) is 0 Å². The van der Waals surface area contributed by atoms with Crippen LogP contribution in [0.5, 0.6) is 5.75 Å². The Balaban J connectivity index is 2.11. The molecule has 2 N–H and O–H groups in total. The van der Waals surface area contributed by atoms with Gasteiger partial charge in [0.15, 0.2) is 0 Å². The Kier molecular flexibility index (Phi) is 9.79. The van der Waals surface area contributed by atoms with Crippen molar-refractivity contribution in [2.24, 2.45) is 0 Å². The molecule has 0 aliphatic carbocycles. The molecule has 0 bridgehead atoms. The zero-order valence-corrected chi connectivity index (χ0v) is 18.3. The molecule has 0 fully saturated rings.